The van der Waals surface area contributed by atoms with E-state index in [1.165, 1.54) is 0 Å². The Hall–Kier alpha value is -2.67. The number of ether oxygens (including phenoxy) is 1. The van der Waals surface area contributed by atoms with Gasteiger partial charge in [-0.25, -0.2) is 9.97 Å². The topological polar surface area (TPSA) is 98.3 Å². The number of primary amides is 1. The van der Waals surface area contributed by atoms with Crippen molar-refractivity contribution < 1.29 is 14.6 Å². The Morgan fingerprint density at radius 1 is 1.27 bits per heavy atom. The third-order valence-corrected chi connectivity index (χ3v) is 4.37. The SMILES string of the molecule is COc1ccc(-c2nc(C)c3c(O)c(C(N)=O)sc3n2)cc1. The fourth-order valence-corrected chi connectivity index (χ4v) is 3.16. The van der Waals surface area contributed by atoms with Gasteiger partial charge in [-0.3, -0.25) is 4.79 Å². The summed E-state index contributed by atoms with van der Waals surface area (Å²) in [5.74, 6) is 0.438. The Morgan fingerprint density at radius 2 is 1.95 bits per heavy atom. The summed E-state index contributed by atoms with van der Waals surface area (Å²) in [7, 11) is 1.60. The molecule has 0 aliphatic carbocycles. The van der Waals surface area contributed by atoms with Crippen molar-refractivity contribution in [3.8, 4) is 22.9 Å². The molecule has 2 aromatic heterocycles. The third kappa shape index (κ3) is 2.25. The van der Waals surface area contributed by atoms with E-state index in [4.69, 9.17) is 10.5 Å². The van der Waals surface area contributed by atoms with E-state index in [1.807, 2.05) is 24.3 Å². The van der Waals surface area contributed by atoms with Gasteiger partial charge in [0.2, 0.25) is 0 Å². The van der Waals surface area contributed by atoms with Gasteiger partial charge in [0.25, 0.3) is 5.91 Å². The minimum atomic E-state index is -0.675. The van der Waals surface area contributed by atoms with E-state index in [9.17, 15) is 9.90 Å². The Balaban J connectivity index is 2.17. The number of carbonyl (C=O) groups excluding carboxylic acids is 1. The molecule has 112 valence electrons. The number of benzene rings is 1. The number of rotatable bonds is 3. The molecule has 0 fully saturated rings. The molecule has 0 saturated heterocycles. The van der Waals surface area contributed by atoms with Crippen LogP contribution in [0.4, 0.5) is 0 Å². The van der Waals surface area contributed by atoms with Gasteiger partial charge >= 0.3 is 0 Å². The first-order chi connectivity index (χ1) is 10.5. The predicted molar refractivity (Wildman–Crippen MR) is 84.3 cm³/mol. The molecule has 0 aliphatic rings. The van der Waals surface area contributed by atoms with Crippen LogP contribution in [0.1, 0.15) is 15.4 Å². The monoisotopic (exact) mass is 315 g/mol. The molecule has 0 unspecified atom stereocenters. The van der Waals surface area contributed by atoms with E-state index >= 15 is 0 Å². The molecular formula is C15H13N3O3S. The van der Waals surface area contributed by atoms with Crippen LogP contribution < -0.4 is 10.5 Å². The maximum atomic E-state index is 11.3. The van der Waals surface area contributed by atoms with E-state index in [2.05, 4.69) is 9.97 Å². The maximum absolute atomic E-state index is 11.3. The smallest absolute Gasteiger partial charge is 0.262 e. The molecule has 2 heterocycles. The van der Waals surface area contributed by atoms with Crippen molar-refractivity contribution in [2.24, 2.45) is 5.73 Å². The van der Waals surface area contributed by atoms with Crippen LogP contribution in [0, 0.1) is 6.92 Å². The minimum Gasteiger partial charge on any atom is -0.505 e. The molecule has 0 radical (unpaired) electrons. The van der Waals surface area contributed by atoms with Crippen LogP contribution in [0.3, 0.4) is 0 Å². The second kappa shape index (κ2) is 5.27. The van der Waals surface area contributed by atoms with Crippen LogP contribution >= 0.6 is 11.3 Å². The summed E-state index contributed by atoms with van der Waals surface area (Å²) in [5, 5.41) is 10.6. The molecule has 0 atom stereocenters. The Kier molecular flexibility index (Phi) is 3.42. The van der Waals surface area contributed by atoms with Crippen molar-refractivity contribution in [1.82, 2.24) is 9.97 Å². The van der Waals surface area contributed by atoms with E-state index in [0.29, 0.717) is 21.7 Å². The summed E-state index contributed by atoms with van der Waals surface area (Å²) in [4.78, 5) is 20.8. The lowest BCUT2D eigenvalue weighted by Gasteiger charge is -2.04. The molecule has 6 nitrogen and oxygen atoms in total. The Bertz CT molecular complexity index is 872. The van der Waals surface area contributed by atoms with Crippen LogP contribution in [0.15, 0.2) is 24.3 Å². The molecule has 0 bridgehead atoms. The highest BCUT2D eigenvalue weighted by Crippen LogP contribution is 2.38. The van der Waals surface area contributed by atoms with Gasteiger partial charge in [-0.05, 0) is 31.2 Å². The van der Waals surface area contributed by atoms with E-state index in [-0.39, 0.29) is 10.6 Å². The number of carbonyl (C=O) groups is 1. The molecule has 0 aliphatic heterocycles. The van der Waals surface area contributed by atoms with Crippen molar-refractivity contribution in [2.75, 3.05) is 7.11 Å². The first-order valence-electron chi connectivity index (χ1n) is 6.45. The molecule has 3 N–H and O–H groups in total. The fraction of sp³-hybridized carbons (Fsp3) is 0.133. The van der Waals surface area contributed by atoms with Crippen LogP contribution in [0.25, 0.3) is 21.6 Å². The Labute approximate surface area is 130 Å². The lowest BCUT2D eigenvalue weighted by molar-refractivity contribution is 0.100. The van der Waals surface area contributed by atoms with Gasteiger partial charge in [0.15, 0.2) is 11.6 Å². The summed E-state index contributed by atoms with van der Waals surface area (Å²) in [6, 6.07) is 7.34. The highest BCUT2D eigenvalue weighted by atomic mass is 32.1. The van der Waals surface area contributed by atoms with Crippen LogP contribution in [-0.4, -0.2) is 28.1 Å². The molecule has 3 aromatic rings. The standard InChI is InChI=1S/C15H13N3O3S/c1-7-10-11(19)12(13(16)20)22-15(10)18-14(17-7)8-3-5-9(21-2)6-4-8/h3-6,19H,1-2H3,(H2,16,20). The zero-order chi connectivity index (χ0) is 15.9. The first kappa shape index (κ1) is 14.3. The average Bonchev–Trinajstić information content (AvgIpc) is 2.85. The van der Waals surface area contributed by atoms with E-state index in [0.717, 1.165) is 22.6 Å². The van der Waals surface area contributed by atoms with Gasteiger partial charge in [-0.15, -0.1) is 11.3 Å². The fourth-order valence-electron chi connectivity index (χ4n) is 2.19. The number of aryl methyl sites for hydroxylation is 1. The number of hydrogen-bond donors (Lipinski definition) is 2. The highest BCUT2D eigenvalue weighted by molar-refractivity contribution is 7.20. The molecule has 0 spiro atoms. The number of thiophene rings is 1. The van der Waals surface area contributed by atoms with Gasteiger partial charge in [-0.2, -0.15) is 0 Å². The number of aromatic hydroxyl groups is 1. The normalized spacial score (nSPS) is 10.8. The van der Waals surface area contributed by atoms with Crippen LogP contribution in [0.2, 0.25) is 0 Å². The second-order valence-electron chi connectivity index (χ2n) is 4.69. The van der Waals surface area contributed by atoms with Gasteiger partial charge < -0.3 is 15.6 Å². The second-order valence-corrected chi connectivity index (χ2v) is 5.68. The summed E-state index contributed by atoms with van der Waals surface area (Å²) >= 11 is 1.06. The van der Waals surface area contributed by atoms with Crippen LogP contribution in [-0.2, 0) is 0 Å². The molecule has 1 amide bonds. The molecule has 1 aromatic carbocycles. The summed E-state index contributed by atoms with van der Waals surface area (Å²) in [5.41, 5.74) is 6.67. The molecular weight excluding hydrogens is 302 g/mol. The van der Waals surface area contributed by atoms with Crippen molar-refractivity contribution in [2.45, 2.75) is 6.92 Å². The number of aromatic nitrogens is 2. The maximum Gasteiger partial charge on any atom is 0.262 e. The lowest BCUT2D eigenvalue weighted by Crippen LogP contribution is -2.08. The van der Waals surface area contributed by atoms with Crippen LogP contribution in [0.5, 0.6) is 11.5 Å². The first-order valence-corrected chi connectivity index (χ1v) is 7.27. The number of nitrogens with two attached hydrogens (primary N) is 1. The van der Waals surface area contributed by atoms with Gasteiger partial charge in [-0.1, -0.05) is 0 Å². The van der Waals surface area contributed by atoms with Crippen molar-refractivity contribution >= 4 is 27.5 Å². The number of methoxy groups -OCH3 is 1. The average molecular weight is 315 g/mol. The molecule has 7 heteroatoms. The summed E-state index contributed by atoms with van der Waals surface area (Å²) in [6.45, 7) is 1.76. The number of fused-ring (bicyclic) bond motifs is 1. The Morgan fingerprint density at radius 3 is 2.55 bits per heavy atom. The zero-order valence-corrected chi connectivity index (χ0v) is 12.8. The largest absolute Gasteiger partial charge is 0.505 e. The van der Waals surface area contributed by atoms with Crippen molar-refractivity contribution in [3.05, 3.63) is 34.8 Å². The number of amides is 1. The summed E-state index contributed by atoms with van der Waals surface area (Å²) in [6.07, 6.45) is 0. The number of hydrogen-bond acceptors (Lipinski definition) is 6. The highest BCUT2D eigenvalue weighted by Gasteiger charge is 2.20. The summed E-state index contributed by atoms with van der Waals surface area (Å²) < 4.78 is 5.12. The number of nitrogens with zero attached hydrogens (tertiary/aromatic N) is 2. The third-order valence-electron chi connectivity index (χ3n) is 3.28. The van der Waals surface area contributed by atoms with E-state index < -0.39 is 5.91 Å². The van der Waals surface area contributed by atoms with Gasteiger partial charge in [0.1, 0.15) is 15.5 Å². The predicted octanol–water partition coefficient (Wildman–Crippen LogP) is 2.48. The quantitative estimate of drug-likeness (QED) is 0.773. The lowest BCUT2D eigenvalue weighted by atomic mass is 10.2. The van der Waals surface area contributed by atoms with Crippen molar-refractivity contribution in [3.63, 3.8) is 0 Å². The van der Waals surface area contributed by atoms with Gasteiger partial charge in [0.05, 0.1) is 18.2 Å². The zero-order valence-electron chi connectivity index (χ0n) is 12.0. The van der Waals surface area contributed by atoms with E-state index in [1.54, 1.807) is 14.0 Å². The molecule has 3 rings (SSSR count). The van der Waals surface area contributed by atoms with Gasteiger partial charge in [0, 0.05) is 5.56 Å². The van der Waals surface area contributed by atoms with Crippen molar-refractivity contribution in [1.29, 1.82) is 0 Å². The molecule has 22 heavy (non-hydrogen) atoms. The molecule has 0 saturated carbocycles. The minimum absolute atomic E-state index is 0.0966.